The first-order valence-corrected chi connectivity index (χ1v) is 12.3. The predicted octanol–water partition coefficient (Wildman–Crippen LogP) is 7.45. The van der Waals surface area contributed by atoms with Crippen molar-refractivity contribution in [1.82, 2.24) is 0 Å². The van der Waals surface area contributed by atoms with Gasteiger partial charge >= 0.3 is 5.97 Å². The van der Waals surface area contributed by atoms with Gasteiger partial charge in [-0.25, -0.2) is 0 Å². The second-order valence-corrected chi connectivity index (χ2v) is 10.1. The molecule has 0 aromatic carbocycles. The van der Waals surface area contributed by atoms with Gasteiger partial charge in [0.1, 0.15) is 0 Å². The van der Waals surface area contributed by atoms with Crippen molar-refractivity contribution in [1.29, 1.82) is 0 Å². The fraction of sp³-hybridized carbons (Fsp3) is 0.960. The van der Waals surface area contributed by atoms with Crippen LogP contribution in [0, 0.1) is 22.7 Å². The third kappa shape index (κ3) is 4.40. The molecule has 0 heterocycles. The second-order valence-electron chi connectivity index (χ2n) is 10.1. The van der Waals surface area contributed by atoms with Crippen LogP contribution < -0.4 is 0 Å². The van der Waals surface area contributed by atoms with Crippen molar-refractivity contribution in [2.75, 3.05) is 7.11 Å². The van der Waals surface area contributed by atoms with Crippen LogP contribution in [0.2, 0.25) is 0 Å². The molecule has 0 bridgehead atoms. The van der Waals surface area contributed by atoms with Crippen LogP contribution in [0.25, 0.3) is 0 Å². The minimum absolute atomic E-state index is 0.134. The summed E-state index contributed by atoms with van der Waals surface area (Å²) in [6.45, 7) is 2.29. The Bertz CT molecular complexity index is 449. The van der Waals surface area contributed by atoms with Crippen LogP contribution in [-0.2, 0) is 9.53 Å². The van der Waals surface area contributed by atoms with Gasteiger partial charge in [0.2, 0.25) is 0 Å². The lowest BCUT2D eigenvalue weighted by Crippen LogP contribution is -2.51. The van der Waals surface area contributed by atoms with Crippen molar-refractivity contribution in [3.8, 4) is 0 Å². The Morgan fingerprint density at radius 2 is 1.41 bits per heavy atom. The number of hydrogen-bond donors (Lipinski definition) is 0. The number of carbonyl (C=O) groups excluding carboxylic acids is 1. The van der Waals surface area contributed by atoms with Gasteiger partial charge in [-0.15, -0.1) is 0 Å². The third-order valence-electron chi connectivity index (χ3n) is 8.86. The molecule has 156 valence electrons. The highest BCUT2D eigenvalue weighted by Crippen LogP contribution is 2.61. The molecule has 3 fully saturated rings. The standard InChI is InChI=1S/C25H44O2/c1-3-4-9-16-24(25(23(26)27-2)17-10-6-11-18-25)19-14-22(15-20-24)21-12-7-5-8-13-21/h21-22H,3-20H2,1-2H3/t22-,24+. The van der Waals surface area contributed by atoms with Crippen molar-refractivity contribution < 1.29 is 9.53 Å². The van der Waals surface area contributed by atoms with Crippen LogP contribution in [-0.4, -0.2) is 13.1 Å². The molecular weight excluding hydrogens is 332 g/mol. The molecule has 0 atom stereocenters. The molecule has 3 saturated carbocycles. The van der Waals surface area contributed by atoms with E-state index in [1.54, 1.807) is 7.11 Å². The lowest BCUT2D eigenvalue weighted by atomic mass is 9.49. The van der Waals surface area contributed by atoms with E-state index < -0.39 is 0 Å². The monoisotopic (exact) mass is 376 g/mol. The number of rotatable bonds is 7. The highest BCUT2D eigenvalue weighted by Gasteiger charge is 2.57. The normalized spacial score (nSPS) is 32.1. The molecule has 0 aromatic rings. The van der Waals surface area contributed by atoms with Crippen molar-refractivity contribution in [2.24, 2.45) is 22.7 Å². The molecule has 0 unspecified atom stereocenters. The maximum atomic E-state index is 13.2. The Labute approximate surface area is 168 Å². The summed E-state index contributed by atoms with van der Waals surface area (Å²) in [7, 11) is 1.63. The molecule has 3 aliphatic rings. The zero-order valence-corrected chi connectivity index (χ0v) is 18.2. The molecule has 0 saturated heterocycles. The van der Waals surface area contributed by atoms with Gasteiger partial charge in [0, 0.05) is 0 Å². The van der Waals surface area contributed by atoms with Crippen LogP contribution in [0.3, 0.4) is 0 Å². The first kappa shape index (κ1) is 21.2. The average Bonchev–Trinajstić information content (AvgIpc) is 2.75. The maximum absolute atomic E-state index is 13.2. The second kappa shape index (κ2) is 9.79. The van der Waals surface area contributed by atoms with E-state index in [0.29, 0.717) is 0 Å². The lowest BCUT2D eigenvalue weighted by molar-refractivity contribution is -0.172. The van der Waals surface area contributed by atoms with Gasteiger partial charge in [-0.3, -0.25) is 4.79 Å². The van der Waals surface area contributed by atoms with E-state index in [1.807, 2.05) is 0 Å². The van der Waals surface area contributed by atoms with Gasteiger partial charge in [-0.2, -0.15) is 0 Å². The van der Waals surface area contributed by atoms with Gasteiger partial charge in [0.05, 0.1) is 12.5 Å². The Hall–Kier alpha value is -0.530. The fourth-order valence-corrected chi connectivity index (χ4v) is 7.25. The number of carbonyl (C=O) groups is 1. The van der Waals surface area contributed by atoms with E-state index in [2.05, 4.69) is 6.92 Å². The van der Waals surface area contributed by atoms with Gasteiger partial charge in [-0.05, 0) is 62.2 Å². The van der Waals surface area contributed by atoms with Gasteiger partial charge in [0.25, 0.3) is 0 Å². The third-order valence-corrected chi connectivity index (χ3v) is 8.86. The molecule has 3 rings (SSSR count). The molecule has 0 radical (unpaired) electrons. The Morgan fingerprint density at radius 1 is 0.815 bits per heavy atom. The highest BCUT2D eigenvalue weighted by atomic mass is 16.5. The summed E-state index contributed by atoms with van der Waals surface area (Å²) in [5, 5.41) is 0. The molecule has 0 N–H and O–H groups in total. The molecule has 3 aliphatic carbocycles. The minimum Gasteiger partial charge on any atom is -0.469 e. The zero-order chi connectivity index (χ0) is 19.2. The van der Waals surface area contributed by atoms with Crippen LogP contribution in [0.5, 0.6) is 0 Å². The van der Waals surface area contributed by atoms with Gasteiger partial charge in [0.15, 0.2) is 0 Å². The zero-order valence-electron chi connectivity index (χ0n) is 18.2. The molecule has 0 aromatic heterocycles. The van der Waals surface area contributed by atoms with Gasteiger partial charge < -0.3 is 4.74 Å². The van der Waals surface area contributed by atoms with E-state index in [4.69, 9.17) is 4.74 Å². The topological polar surface area (TPSA) is 26.3 Å². The molecule has 0 aliphatic heterocycles. The van der Waals surface area contributed by atoms with Crippen LogP contribution in [0.1, 0.15) is 122 Å². The van der Waals surface area contributed by atoms with Gasteiger partial charge in [-0.1, -0.05) is 77.6 Å². The summed E-state index contributed by atoms with van der Waals surface area (Å²) in [6.07, 6.45) is 23.6. The predicted molar refractivity (Wildman–Crippen MR) is 113 cm³/mol. The minimum atomic E-state index is -0.175. The first-order chi connectivity index (χ1) is 13.2. The number of methoxy groups -OCH3 is 1. The summed E-state index contributed by atoms with van der Waals surface area (Å²) in [5.41, 5.74) is 0.0477. The van der Waals surface area contributed by atoms with Crippen molar-refractivity contribution in [3.63, 3.8) is 0 Å². The largest absolute Gasteiger partial charge is 0.469 e. The number of unbranched alkanes of at least 4 members (excludes halogenated alkanes) is 2. The molecule has 0 amide bonds. The summed E-state index contributed by atoms with van der Waals surface area (Å²) < 4.78 is 5.48. The summed E-state index contributed by atoms with van der Waals surface area (Å²) in [6, 6.07) is 0. The molecule has 2 nitrogen and oxygen atoms in total. The molecule has 2 heteroatoms. The molecular formula is C25H44O2. The number of esters is 1. The van der Waals surface area contributed by atoms with Crippen molar-refractivity contribution in [2.45, 2.75) is 122 Å². The maximum Gasteiger partial charge on any atom is 0.312 e. The van der Waals surface area contributed by atoms with E-state index >= 15 is 0 Å². The average molecular weight is 377 g/mol. The Kier molecular flexibility index (Phi) is 7.68. The number of ether oxygens (including phenoxy) is 1. The van der Waals surface area contributed by atoms with Crippen LogP contribution >= 0.6 is 0 Å². The summed E-state index contributed by atoms with van der Waals surface area (Å²) in [4.78, 5) is 13.2. The first-order valence-electron chi connectivity index (χ1n) is 12.3. The van der Waals surface area contributed by atoms with E-state index in [-0.39, 0.29) is 16.8 Å². The quantitative estimate of drug-likeness (QED) is 0.341. The lowest BCUT2D eigenvalue weighted by Gasteiger charge is -2.55. The molecule has 0 spiro atoms. The Balaban J connectivity index is 1.78. The fourth-order valence-electron chi connectivity index (χ4n) is 7.25. The van der Waals surface area contributed by atoms with E-state index in [1.165, 1.54) is 103 Å². The summed E-state index contributed by atoms with van der Waals surface area (Å²) in [5.74, 6) is 2.05. The highest BCUT2D eigenvalue weighted by molar-refractivity contribution is 5.78. The Morgan fingerprint density at radius 3 is 2.00 bits per heavy atom. The van der Waals surface area contributed by atoms with Crippen molar-refractivity contribution in [3.05, 3.63) is 0 Å². The van der Waals surface area contributed by atoms with E-state index in [9.17, 15) is 4.79 Å². The van der Waals surface area contributed by atoms with Crippen LogP contribution in [0.15, 0.2) is 0 Å². The number of hydrogen-bond acceptors (Lipinski definition) is 2. The summed E-state index contributed by atoms with van der Waals surface area (Å²) >= 11 is 0. The van der Waals surface area contributed by atoms with Crippen molar-refractivity contribution >= 4 is 5.97 Å². The van der Waals surface area contributed by atoms with E-state index in [0.717, 1.165) is 24.7 Å². The molecule has 27 heavy (non-hydrogen) atoms. The smallest absolute Gasteiger partial charge is 0.312 e. The van der Waals surface area contributed by atoms with Crippen LogP contribution in [0.4, 0.5) is 0 Å². The SMILES string of the molecule is CCCCC[C@]1(C2(C(=O)OC)CCCCC2)CC[C@@H](C2CCCCC2)CC1.